The number of aromatic nitrogens is 2. The fourth-order valence-electron chi connectivity index (χ4n) is 4.26. The molecule has 0 bridgehead atoms. The minimum atomic E-state index is -0.774. The fourth-order valence-corrected chi connectivity index (χ4v) is 6.93. The van der Waals surface area contributed by atoms with Crippen LogP contribution in [0.1, 0.15) is 52.3 Å². The maximum absolute atomic E-state index is 12.7. The lowest BCUT2D eigenvalue weighted by Gasteiger charge is -2.16. The van der Waals surface area contributed by atoms with Crippen molar-refractivity contribution in [3.05, 3.63) is 63.0 Å². The first-order chi connectivity index (χ1) is 17.7. The predicted octanol–water partition coefficient (Wildman–Crippen LogP) is 5.84. The minimum Gasteiger partial charge on any atom is -0.493 e. The number of hydrogen-bond donors (Lipinski definition) is 2. The highest BCUT2D eigenvalue weighted by Crippen LogP contribution is 2.54. The summed E-state index contributed by atoms with van der Waals surface area (Å²) in [5.41, 5.74) is 1.76. The molecule has 3 heterocycles. The van der Waals surface area contributed by atoms with Gasteiger partial charge in [-0.2, -0.15) is 5.10 Å². The Morgan fingerprint density at radius 1 is 1.24 bits per heavy atom. The van der Waals surface area contributed by atoms with E-state index in [0.717, 1.165) is 30.3 Å². The summed E-state index contributed by atoms with van der Waals surface area (Å²) in [4.78, 5) is 26.0. The molecule has 1 atom stereocenters. The number of carbonyl (C=O) groups excluding carboxylic acids is 1. The van der Waals surface area contributed by atoms with Crippen molar-refractivity contribution in [1.82, 2.24) is 9.78 Å². The molecular weight excluding hydrogens is 510 g/mol. The predicted molar refractivity (Wildman–Crippen MR) is 144 cm³/mol. The van der Waals surface area contributed by atoms with Crippen LogP contribution in [0.15, 0.2) is 36.5 Å². The van der Waals surface area contributed by atoms with E-state index in [-0.39, 0.29) is 0 Å². The second-order valence-corrected chi connectivity index (χ2v) is 11.1. The molecule has 3 aromatic heterocycles. The molecule has 1 fully saturated rings. The molecule has 2 N–H and O–H groups in total. The van der Waals surface area contributed by atoms with Gasteiger partial charge in [-0.1, -0.05) is 30.2 Å². The number of anilines is 1. The Morgan fingerprint density at radius 3 is 2.68 bits per heavy atom. The van der Waals surface area contributed by atoms with Crippen molar-refractivity contribution in [3.63, 3.8) is 0 Å². The van der Waals surface area contributed by atoms with Gasteiger partial charge in [-0.25, -0.2) is 4.79 Å². The SMILES string of the molecule is COc1c(C#Cc2cnn(C)c2NC(=O)OC(C)c2ccccc2C)sc2cc(C3(C(=O)O)CC3)sc12. The molecule has 1 saturated carbocycles. The number of nitrogens with one attached hydrogen (secondary N) is 1. The van der Waals surface area contributed by atoms with Crippen molar-refractivity contribution >= 4 is 50.0 Å². The minimum absolute atomic E-state index is 0.422. The van der Waals surface area contributed by atoms with Crippen molar-refractivity contribution in [2.45, 2.75) is 38.2 Å². The molecule has 0 aliphatic heterocycles. The van der Waals surface area contributed by atoms with Crippen LogP contribution in [0, 0.1) is 18.8 Å². The molecule has 10 heteroatoms. The monoisotopic (exact) mass is 535 g/mol. The molecule has 0 spiro atoms. The van der Waals surface area contributed by atoms with Gasteiger partial charge in [-0.15, -0.1) is 22.7 Å². The maximum Gasteiger partial charge on any atom is 0.413 e. The molecule has 1 aromatic carbocycles. The van der Waals surface area contributed by atoms with Gasteiger partial charge in [0.2, 0.25) is 0 Å². The number of methoxy groups -OCH3 is 1. The van der Waals surface area contributed by atoms with Crippen molar-refractivity contribution in [2.24, 2.45) is 7.05 Å². The number of carboxylic acids is 1. The number of ether oxygens (including phenoxy) is 2. The Balaban J connectivity index is 1.36. The molecule has 1 unspecified atom stereocenters. The lowest BCUT2D eigenvalue weighted by atomic mass is 10.1. The van der Waals surface area contributed by atoms with Crippen molar-refractivity contribution < 1.29 is 24.2 Å². The lowest BCUT2D eigenvalue weighted by molar-refractivity contribution is -0.139. The maximum atomic E-state index is 12.7. The van der Waals surface area contributed by atoms with Gasteiger partial charge in [-0.3, -0.25) is 14.8 Å². The molecular formula is C27H25N3O5S2. The van der Waals surface area contributed by atoms with E-state index in [1.807, 2.05) is 44.2 Å². The number of amides is 1. The lowest BCUT2D eigenvalue weighted by Crippen LogP contribution is -2.18. The summed E-state index contributed by atoms with van der Waals surface area (Å²) in [5, 5.41) is 16.6. The fraction of sp³-hybridized carbons (Fsp3) is 0.296. The van der Waals surface area contributed by atoms with Gasteiger partial charge in [0, 0.05) is 11.9 Å². The van der Waals surface area contributed by atoms with Crippen molar-refractivity contribution in [2.75, 3.05) is 12.4 Å². The molecule has 1 amide bonds. The largest absolute Gasteiger partial charge is 0.493 e. The highest BCUT2D eigenvalue weighted by atomic mass is 32.1. The second-order valence-electron chi connectivity index (χ2n) is 8.97. The number of thiophene rings is 2. The Hall–Kier alpha value is -3.81. The molecule has 5 rings (SSSR count). The first-order valence-corrected chi connectivity index (χ1v) is 13.3. The number of carboxylic acid groups (broad SMARTS) is 1. The van der Waals surface area contributed by atoms with Crippen LogP contribution in [0.5, 0.6) is 5.75 Å². The third kappa shape index (κ3) is 4.56. The highest BCUT2D eigenvalue weighted by Gasteiger charge is 2.53. The van der Waals surface area contributed by atoms with E-state index in [1.54, 1.807) is 20.4 Å². The van der Waals surface area contributed by atoms with E-state index in [9.17, 15) is 14.7 Å². The molecule has 8 nitrogen and oxygen atoms in total. The second kappa shape index (κ2) is 9.57. The number of carbonyl (C=O) groups is 2. The van der Waals surface area contributed by atoms with E-state index in [1.165, 1.54) is 27.4 Å². The summed E-state index contributed by atoms with van der Waals surface area (Å²) in [6.45, 7) is 3.80. The Kier molecular flexibility index (Phi) is 6.43. The topological polar surface area (TPSA) is 103 Å². The van der Waals surface area contributed by atoms with Crippen LogP contribution in [-0.2, 0) is 22.0 Å². The van der Waals surface area contributed by atoms with Gasteiger partial charge < -0.3 is 14.6 Å². The normalized spacial score (nSPS) is 14.5. The smallest absolute Gasteiger partial charge is 0.413 e. The number of aryl methyl sites for hydroxylation is 2. The Morgan fingerprint density at radius 2 is 2.00 bits per heavy atom. The zero-order valence-electron chi connectivity index (χ0n) is 20.7. The molecule has 1 aliphatic carbocycles. The van der Waals surface area contributed by atoms with Gasteiger partial charge in [0.1, 0.15) is 22.2 Å². The van der Waals surface area contributed by atoms with Crippen molar-refractivity contribution in [1.29, 1.82) is 0 Å². The summed E-state index contributed by atoms with van der Waals surface area (Å²) < 4.78 is 14.6. The Labute approximate surface area is 221 Å². The van der Waals surface area contributed by atoms with E-state index in [4.69, 9.17) is 9.47 Å². The van der Waals surface area contributed by atoms with Crippen molar-refractivity contribution in [3.8, 4) is 17.6 Å². The number of fused-ring (bicyclic) bond motifs is 1. The van der Waals surface area contributed by atoms with Gasteiger partial charge in [0.15, 0.2) is 5.75 Å². The van der Waals surface area contributed by atoms with Crippen LogP contribution in [0.4, 0.5) is 10.6 Å². The number of aliphatic carboxylic acids is 1. The van der Waals surface area contributed by atoms with E-state index >= 15 is 0 Å². The third-order valence-corrected chi connectivity index (χ3v) is 9.04. The van der Waals surface area contributed by atoms with E-state index in [0.29, 0.717) is 30.0 Å². The van der Waals surface area contributed by atoms with Gasteiger partial charge in [-0.05, 0) is 49.8 Å². The summed E-state index contributed by atoms with van der Waals surface area (Å²) in [5.74, 6) is 6.51. The number of hydrogen-bond acceptors (Lipinski definition) is 7. The van der Waals surface area contributed by atoms with Crippen LogP contribution >= 0.6 is 22.7 Å². The number of benzene rings is 1. The third-order valence-electron chi connectivity index (χ3n) is 6.54. The zero-order valence-corrected chi connectivity index (χ0v) is 22.4. The molecule has 1 aliphatic rings. The van der Waals surface area contributed by atoms with E-state index < -0.39 is 23.6 Å². The van der Waals surface area contributed by atoms with Crippen LogP contribution in [0.3, 0.4) is 0 Å². The summed E-state index contributed by atoms with van der Waals surface area (Å²) in [7, 11) is 3.30. The average molecular weight is 536 g/mol. The zero-order chi connectivity index (χ0) is 26.3. The van der Waals surface area contributed by atoms with Crippen LogP contribution in [0.2, 0.25) is 0 Å². The summed E-state index contributed by atoms with van der Waals surface area (Å²) in [6.07, 6.45) is 1.88. The molecule has 37 heavy (non-hydrogen) atoms. The summed E-state index contributed by atoms with van der Waals surface area (Å²) >= 11 is 2.91. The van der Waals surface area contributed by atoms with Gasteiger partial charge in [0.05, 0.1) is 28.3 Å². The highest BCUT2D eigenvalue weighted by molar-refractivity contribution is 7.28. The van der Waals surface area contributed by atoms with Crippen LogP contribution in [-0.4, -0.2) is 34.1 Å². The molecule has 4 aromatic rings. The summed E-state index contributed by atoms with van der Waals surface area (Å²) in [6, 6.07) is 9.71. The number of nitrogens with zero attached hydrogens (tertiary/aromatic N) is 2. The van der Waals surface area contributed by atoms with Gasteiger partial charge >= 0.3 is 12.1 Å². The van der Waals surface area contributed by atoms with E-state index in [2.05, 4.69) is 22.3 Å². The standard InChI is InChI=1S/C27H25N3O5S2/c1-15-7-5-6-8-18(15)16(2)35-26(33)29-24-17(14-28-30(24)3)9-10-19-22(34-4)23-20(36-19)13-21(37-23)27(11-12-27)25(31)32/h5-8,13-14,16H,11-12H2,1-4H3,(H,29,33)(H,31,32). The average Bonchev–Trinajstić information content (AvgIpc) is 3.33. The first-order valence-electron chi connectivity index (χ1n) is 11.6. The van der Waals surface area contributed by atoms with Crippen LogP contribution < -0.4 is 10.1 Å². The number of rotatable bonds is 6. The Bertz CT molecular complexity index is 1580. The quantitative estimate of drug-likeness (QED) is 0.301. The molecule has 0 radical (unpaired) electrons. The molecule has 0 saturated heterocycles. The molecule has 190 valence electrons. The first kappa shape index (κ1) is 24.9. The van der Waals surface area contributed by atoms with Gasteiger partial charge in [0.25, 0.3) is 0 Å². The van der Waals surface area contributed by atoms with Crippen LogP contribution in [0.25, 0.3) is 9.40 Å².